The second-order valence-corrected chi connectivity index (χ2v) is 7.15. The third-order valence-corrected chi connectivity index (χ3v) is 5.24. The van der Waals surface area contributed by atoms with Gasteiger partial charge in [0.15, 0.2) is 0 Å². The van der Waals surface area contributed by atoms with Crippen molar-refractivity contribution in [2.45, 2.75) is 38.8 Å². The van der Waals surface area contributed by atoms with Crippen LogP contribution in [-0.2, 0) is 12.6 Å². The molecule has 0 aliphatic heterocycles. The Balaban J connectivity index is 0.00000220. The summed E-state index contributed by atoms with van der Waals surface area (Å²) in [5, 5.41) is 0. The summed E-state index contributed by atoms with van der Waals surface area (Å²) in [5.41, 5.74) is -0.377. The third-order valence-electron chi connectivity index (χ3n) is 4.88. The zero-order chi connectivity index (χ0) is 15.0. The molecule has 0 bridgehead atoms. The molecule has 0 saturated carbocycles. The Kier molecular flexibility index (Phi) is 7.07. The van der Waals surface area contributed by atoms with E-state index in [1.807, 2.05) is 0 Å². The monoisotopic (exact) mass is 343 g/mol. The number of thiocarbonyl (C=S) groups is 1. The maximum atomic E-state index is 5.45. The van der Waals surface area contributed by atoms with Crippen molar-refractivity contribution in [1.29, 1.82) is 0 Å². The molecule has 4 heteroatoms. The van der Waals surface area contributed by atoms with E-state index in [4.69, 9.17) is 24.8 Å². The fraction of sp³-hybridized carbons (Fsp3) is 0.471. The van der Waals surface area contributed by atoms with Crippen LogP contribution in [0.2, 0.25) is 0 Å². The Labute approximate surface area is 182 Å². The molecule has 0 aromatic heterocycles. The van der Waals surface area contributed by atoms with Crippen molar-refractivity contribution in [2.24, 2.45) is 11.8 Å². The van der Waals surface area contributed by atoms with Crippen LogP contribution in [0.1, 0.15) is 27.7 Å². The Morgan fingerprint density at radius 3 is 1.62 bits per heavy atom. The molecule has 0 aromatic carbocycles. The molecule has 4 unspecified atom stereocenters. The summed E-state index contributed by atoms with van der Waals surface area (Å²) in [6, 6.07) is 0. The standard InChI is InChI=1S/C17H23NS2.K/c1-13-9-5-7-11-16(13,3)18(15(19)20)17(4)12-8-6-10-14(17)2;/h5-14H,1-4H3,(H,19,20);/q;+1/p-1. The minimum absolute atomic E-state index is 0. The van der Waals surface area contributed by atoms with Crippen molar-refractivity contribution in [3.63, 3.8) is 0 Å². The van der Waals surface area contributed by atoms with Crippen LogP contribution in [0, 0.1) is 11.8 Å². The molecule has 0 aromatic rings. The fourth-order valence-corrected chi connectivity index (χ4v) is 3.91. The number of nitrogens with zero attached hydrogens (tertiary/aromatic N) is 1. The second kappa shape index (κ2) is 7.52. The van der Waals surface area contributed by atoms with Gasteiger partial charge in [-0.15, -0.1) is 0 Å². The van der Waals surface area contributed by atoms with Crippen molar-refractivity contribution >= 4 is 29.2 Å². The predicted octanol–water partition coefficient (Wildman–Crippen LogP) is 1.17. The summed E-state index contributed by atoms with van der Waals surface area (Å²) >= 11 is 10.9. The molecule has 21 heavy (non-hydrogen) atoms. The van der Waals surface area contributed by atoms with E-state index in [9.17, 15) is 0 Å². The van der Waals surface area contributed by atoms with Crippen molar-refractivity contribution in [2.75, 3.05) is 0 Å². The van der Waals surface area contributed by atoms with Gasteiger partial charge in [0.05, 0.1) is 11.1 Å². The van der Waals surface area contributed by atoms with Gasteiger partial charge in [-0.05, 0) is 13.8 Å². The van der Waals surface area contributed by atoms with Crippen LogP contribution in [0.4, 0.5) is 0 Å². The van der Waals surface area contributed by atoms with Gasteiger partial charge in [-0.2, -0.15) is 0 Å². The second-order valence-electron chi connectivity index (χ2n) is 6.12. The molecule has 0 spiro atoms. The molecule has 2 aliphatic carbocycles. The van der Waals surface area contributed by atoms with Gasteiger partial charge in [0.2, 0.25) is 0 Å². The van der Waals surface area contributed by atoms with E-state index in [2.05, 4.69) is 81.2 Å². The first-order valence-electron chi connectivity index (χ1n) is 7.06. The Bertz CT molecular complexity index is 483. The predicted molar refractivity (Wildman–Crippen MR) is 93.5 cm³/mol. The third kappa shape index (κ3) is 3.63. The fourth-order valence-electron chi connectivity index (χ4n) is 3.12. The average molecular weight is 344 g/mol. The Hall–Kier alpha value is 0.706. The molecule has 0 radical (unpaired) electrons. The van der Waals surface area contributed by atoms with E-state index < -0.39 is 0 Å². The zero-order valence-corrected chi connectivity index (χ0v) is 18.3. The molecule has 0 amide bonds. The summed E-state index contributed by atoms with van der Waals surface area (Å²) < 4.78 is 0.536. The maximum Gasteiger partial charge on any atom is 1.00 e. The van der Waals surface area contributed by atoms with Gasteiger partial charge >= 0.3 is 51.4 Å². The average Bonchev–Trinajstić information content (AvgIpc) is 2.36. The minimum Gasteiger partial charge on any atom is -0.411 e. The van der Waals surface area contributed by atoms with Crippen LogP contribution in [-0.4, -0.2) is 20.3 Å². The molecule has 0 N–H and O–H groups in total. The smallest absolute Gasteiger partial charge is 0.411 e. The molecule has 1 nitrogen and oxygen atoms in total. The number of hydrogen-bond donors (Lipinski definition) is 0. The van der Waals surface area contributed by atoms with E-state index in [0.717, 1.165) is 0 Å². The SMILES string of the molecule is CC1C=CC=CC1(C)N(C(=S)[S-])C1(C)C=CC=CC1C.[K+]. The molecular formula is C17H22KNS2. The molecular weight excluding hydrogens is 321 g/mol. The Morgan fingerprint density at radius 1 is 0.952 bits per heavy atom. The van der Waals surface area contributed by atoms with Gasteiger partial charge in [0.1, 0.15) is 0 Å². The summed E-state index contributed by atoms with van der Waals surface area (Å²) in [6.07, 6.45) is 17.3. The first kappa shape index (κ1) is 19.8. The summed E-state index contributed by atoms with van der Waals surface area (Å²) in [5.74, 6) is 0.716. The van der Waals surface area contributed by atoms with Crippen LogP contribution in [0.3, 0.4) is 0 Å². The molecule has 0 saturated heterocycles. The minimum atomic E-state index is -0.188. The van der Waals surface area contributed by atoms with Crippen molar-refractivity contribution < 1.29 is 51.4 Å². The van der Waals surface area contributed by atoms with Gasteiger partial charge in [0, 0.05) is 11.8 Å². The Morgan fingerprint density at radius 2 is 1.33 bits per heavy atom. The van der Waals surface area contributed by atoms with Gasteiger partial charge in [-0.3, -0.25) is 0 Å². The van der Waals surface area contributed by atoms with E-state index >= 15 is 0 Å². The molecule has 108 valence electrons. The van der Waals surface area contributed by atoms with Crippen molar-refractivity contribution in [3.05, 3.63) is 48.6 Å². The van der Waals surface area contributed by atoms with Crippen molar-refractivity contribution in [1.82, 2.24) is 4.90 Å². The zero-order valence-electron chi connectivity index (χ0n) is 13.5. The topological polar surface area (TPSA) is 3.24 Å². The molecule has 2 aliphatic rings. The van der Waals surface area contributed by atoms with Gasteiger partial charge in [-0.25, -0.2) is 0 Å². The number of rotatable bonds is 2. The van der Waals surface area contributed by atoms with Crippen LogP contribution < -0.4 is 51.4 Å². The van der Waals surface area contributed by atoms with Gasteiger partial charge in [-0.1, -0.05) is 66.8 Å². The van der Waals surface area contributed by atoms with E-state index in [0.29, 0.717) is 16.2 Å². The summed E-state index contributed by atoms with van der Waals surface area (Å²) in [6.45, 7) is 8.88. The molecule has 4 atom stereocenters. The van der Waals surface area contributed by atoms with Crippen LogP contribution in [0.15, 0.2) is 48.6 Å². The van der Waals surface area contributed by atoms with Crippen molar-refractivity contribution in [3.8, 4) is 0 Å². The first-order valence-corrected chi connectivity index (χ1v) is 7.87. The normalized spacial score (nSPS) is 37.1. The number of allylic oxidation sites excluding steroid dienone is 4. The van der Waals surface area contributed by atoms with E-state index in [1.54, 1.807) is 0 Å². The van der Waals surface area contributed by atoms with Crippen LogP contribution in [0.25, 0.3) is 0 Å². The summed E-state index contributed by atoms with van der Waals surface area (Å²) in [4.78, 5) is 2.24. The molecule has 2 rings (SSSR count). The first-order chi connectivity index (χ1) is 9.32. The van der Waals surface area contributed by atoms with E-state index in [1.165, 1.54) is 0 Å². The number of hydrogen-bond acceptors (Lipinski definition) is 2. The summed E-state index contributed by atoms with van der Waals surface area (Å²) in [7, 11) is 0. The van der Waals surface area contributed by atoms with Gasteiger partial charge < -0.3 is 29.7 Å². The van der Waals surface area contributed by atoms with Gasteiger partial charge in [0.25, 0.3) is 0 Å². The molecule has 0 heterocycles. The van der Waals surface area contributed by atoms with E-state index in [-0.39, 0.29) is 62.5 Å². The maximum absolute atomic E-state index is 5.45. The largest absolute Gasteiger partial charge is 1.00 e. The quantitative estimate of drug-likeness (QED) is 0.421. The molecule has 0 fully saturated rings. The van der Waals surface area contributed by atoms with Crippen LogP contribution >= 0.6 is 12.2 Å². The van der Waals surface area contributed by atoms with Crippen LogP contribution in [0.5, 0.6) is 0 Å².